The van der Waals surface area contributed by atoms with Gasteiger partial charge in [0.15, 0.2) is 5.79 Å². The summed E-state index contributed by atoms with van der Waals surface area (Å²) in [6.45, 7) is 5.57. The Morgan fingerprint density at radius 3 is 1.96 bits per heavy atom. The van der Waals surface area contributed by atoms with Crippen LogP contribution in [0.2, 0.25) is 0 Å². The van der Waals surface area contributed by atoms with Crippen LogP contribution < -0.4 is 0 Å². The summed E-state index contributed by atoms with van der Waals surface area (Å²) in [4.78, 5) is 2.46. The molecule has 3 aliphatic rings. The van der Waals surface area contributed by atoms with Gasteiger partial charge in [0.25, 0.3) is 0 Å². The molecule has 2 saturated heterocycles. The van der Waals surface area contributed by atoms with E-state index in [4.69, 9.17) is 14.2 Å². The SMILES string of the molecule is C1CCCCCC2(CCCCC1)OC[C@@H](CN1CCOCC1)O2. The summed E-state index contributed by atoms with van der Waals surface area (Å²) < 4.78 is 18.2. The lowest BCUT2D eigenvalue weighted by Gasteiger charge is -2.31. The van der Waals surface area contributed by atoms with Crippen molar-refractivity contribution >= 4 is 0 Å². The Bertz CT molecular complexity index is 319. The van der Waals surface area contributed by atoms with E-state index in [1.165, 1.54) is 57.8 Å². The van der Waals surface area contributed by atoms with Crippen LogP contribution in [0.4, 0.5) is 0 Å². The zero-order valence-corrected chi connectivity index (χ0v) is 14.8. The fourth-order valence-electron chi connectivity index (χ4n) is 4.19. The predicted octanol–water partition coefficient (Wildman–Crippen LogP) is 3.74. The van der Waals surface area contributed by atoms with Gasteiger partial charge in [-0.3, -0.25) is 4.90 Å². The molecular formula is C19H35NO3. The van der Waals surface area contributed by atoms with Crippen LogP contribution in [0.3, 0.4) is 0 Å². The Kier molecular flexibility index (Phi) is 7.18. The number of nitrogens with zero attached hydrogens (tertiary/aromatic N) is 1. The summed E-state index contributed by atoms with van der Waals surface area (Å²) in [6.07, 6.45) is 14.6. The van der Waals surface area contributed by atoms with Crippen molar-refractivity contribution in [3.05, 3.63) is 0 Å². The van der Waals surface area contributed by atoms with E-state index in [0.717, 1.165) is 52.3 Å². The second kappa shape index (κ2) is 9.36. The summed E-state index contributed by atoms with van der Waals surface area (Å²) in [6, 6.07) is 0. The van der Waals surface area contributed by atoms with Crippen LogP contribution in [0.5, 0.6) is 0 Å². The molecule has 4 heteroatoms. The molecule has 1 atom stereocenters. The number of hydrogen-bond acceptors (Lipinski definition) is 4. The molecule has 2 heterocycles. The van der Waals surface area contributed by atoms with Crippen molar-refractivity contribution in [3.8, 4) is 0 Å². The van der Waals surface area contributed by atoms with Crippen LogP contribution in [0, 0.1) is 0 Å². The van der Waals surface area contributed by atoms with Gasteiger partial charge in [0, 0.05) is 32.5 Å². The van der Waals surface area contributed by atoms with Gasteiger partial charge in [0.2, 0.25) is 0 Å². The van der Waals surface area contributed by atoms with Crippen LogP contribution in [0.1, 0.15) is 70.6 Å². The predicted molar refractivity (Wildman–Crippen MR) is 91.6 cm³/mol. The second-order valence-electron chi connectivity index (χ2n) is 7.56. The normalized spacial score (nSPS) is 31.6. The largest absolute Gasteiger partial charge is 0.379 e. The molecule has 0 bridgehead atoms. The minimum absolute atomic E-state index is 0.251. The van der Waals surface area contributed by atoms with Gasteiger partial charge in [0.1, 0.15) is 0 Å². The summed E-state index contributed by atoms with van der Waals surface area (Å²) in [7, 11) is 0. The lowest BCUT2D eigenvalue weighted by atomic mass is 9.97. The zero-order chi connectivity index (χ0) is 15.8. The lowest BCUT2D eigenvalue weighted by molar-refractivity contribution is -0.181. The van der Waals surface area contributed by atoms with E-state index in [9.17, 15) is 0 Å². The Hall–Kier alpha value is -0.160. The van der Waals surface area contributed by atoms with Crippen molar-refractivity contribution in [3.63, 3.8) is 0 Å². The van der Waals surface area contributed by atoms with Crippen LogP contribution in [0.15, 0.2) is 0 Å². The molecule has 0 aromatic rings. The van der Waals surface area contributed by atoms with Gasteiger partial charge in [0.05, 0.1) is 25.9 Å². The standard InChI is InChI=1S/C19H35NO3/c1-2-4-6-8-10-19(11-9-7-5-3-1)22-17-18(23-19)16-20-12-14-21-15-13-20/h18H,1-17H2/t18-/m1/s1. The third kappa shape index (κ3) is 5.70. The summed E-state index contributed by atoms with van der Waals surface area (Å²) in [5, 5.41) is 0. The van der Waals surface area contributed by atoms with Crippen molar-refractivity contribution in [2.24, 2.45) is 0 Å². The van der Waals surface area contributed by atoms with E-state index in [0.29, 0.717) is 0 Å². The minimum atomic E-state index is -0.268. The summed E-state index contributed by atoms with van der Waals surface area (Å²) in [5.41, 5.74) is 0. The van der Waals surface area contributed by atoms with Gasteiger partial charge in [-0.2, -0.15) is 0 Å². The van der Waals surface area contributed by atoms with Crippen LogP contribution in [-0.4, -0.2) is 56.2 Å². The van der Waals surface area contributed by atoms with E-state index in [1.54, 1.807) is 0 Å². The zero-order valence-electron chi connectivity index (χ0n) is 14.8. The molecule has 0 aromatic heterocycles. The first kappa shape index (κ1) is 17.7. The van der Waals surface area contributed by atoms with Gasteiger partial charge in [-0.25, -0.2) is 0 Å². The molecule has 0 aromatic carbocycles. The molecule has 3 rings (SSSR count). The Morgan fingerprint density at radius 2 is 1.35 bits per heavy atom. The highest BCUT2D eigenvalue weighted by Crippen LogP contribution is 2.35. The van der Waals surface area contributed by atoms with Gasteiger partial charge in [-0.15, -0.1) is 0 Å². The van der Waals surface area contributed by atoms with Crippen molar-refractivity contribution in [1.82, 2.24) is 4.90 Å². The van der Waals surface area contributed by atoms with Gasteiger partial charge in [-0.05, 0) is 12.8 Å². The summed E-state index contributed by atoms with van der Waals surface area (Å²) in [5.74, 6) is -0.268. The van der Waals surface area contributed by atoms with E-state index in [1.807, 2.05) is 0 Å². The van der Waals surface area contributed by atoms with Gasteiger partial charge < -0.3 is 14.2 Å². The molecule has 23 heavy (non-hydrogen) atoms. The maximum atomic E-state index is 6.49. The number of hydrogen-bond donors (Lipinski definition) is 0. The van der Waals surface area contributed by atoms with Crippen molar-refractivity contribution < 1.29 is 14.2 Å². The molecule has 0 N–H and O–H groups in total. The van der Waals surface area contributed by atoms with Crippen molar-refractivity contribution in [2.45, 2.75) is 82.5 Å². The molecule has 4 nitrogen and oxygen atoms in total. The smallest absolute Gasteiger partial charge is 0.168 e. The van der Waals surface area contributed by atoms with Crippen LogP contribution in [0.25, 0.3) is 0 Å². The van der Waals surface area contributed by atoms with E-state index in [2.05, 4.69) is 4.90 Å². The fraction of sp³-hybridized carbons (Fsp3) is 1.00. The highest BCUT2D eigenvalue weighted by molar-refractivity contribution is 4.82. The average Bonchev–Trinajstić information content (AvgIpc) is 2.95. The van der Waals surface area contributed by atoms with Crippen molar-refractivity contribution in [1.29, 1.82) is 0 Å². The molecule has 0 unspecified atom stereocenters. The quantitative estimate of drug-likeness (QED) is 0.774. The Labute approximate surface area is 141 Å². The lowest BCUT2D eigenvalue weighted by Crippen LogP contribution is -2.42. The van der Waals surface area contributed by atoms with Crippen LogP contribution >= 0.6 is 0 Å². The highest BCUT2D eigenvalue weighted by Gasteiger charge is 2.41. The molecule has 1 saturated carbocycles. The minimum Gasteiger partial charge on any atom is -0.379 e. The molecule has 1 aliphatic carbocycles. The molecule has 3 fully saturated rings. The van der Waals surface area contributed by atoms with E-state index in [-0.39, 0.29) is 11.9 Å². The first-order chi connectivity index (χ1) is 11.4. The Balaban J connectivity index is 1.48. The number of rotatable bonds is 2. The van der Waals surface area contributed by atoms with E-state index < -0.39 is 0 Å². The monoisotopic (exact) mass is 325 g/mol. The molecule has 2 aliphatic heterocycles. The topological polar surface area (TPSA) is 30.9 Å². The third-order valence-electron chi connectivity index (χ3n) is 5.59. The molecule has 134 valence electrons. The maximum absolute atomic E-state index is 6.49. The van der Waals surface area contributed by atoms with E-state index >= 15 is 0 Å². The van der Waals surface area contributed by atoms with Crippen molar-refractivity contribution in [2.75, 3.05) is 39.5 Å². The maximum Gasteiger partial charge on any atom is 0.168 e. The first-order valence-electron chi connectivity index (χ1n) is 9.98. The van der Waals surface area contributed by atoms with Gasteiger partial charge in [-0.1, -0.05) is 44.9 Å². The molecule has 0 radical (unpaired) electrons. The highest BCUT2D eigenvalue weighted by atomic mass is 16.7. The Morgan fingerprint density at radius 1 is 0.783 bits per heavy atom. The average molecular weight is 325 g/mol. The number of ether oxygens (including phenoxy) is 3. The second-order valence-corrected chi connectivity index (χ2v) is 7.56. The molecule has 1 spiro atoms. The fourth-order valence-corrected chi connectivity index (χ4v) is 4.19. The molecule has 0 amide bonds. The van der Waals surface area contributed by atoms with Gasteiger partial charge >= 0.3 is 0 Å². The first-order valence-corrected chi connectivity index (χ1v) is 9.98. The third-order valence-corrected chi connectivity index (χ3v) is 5.59. The number of morpholine rings is 1. The molecular weight excluding hydrogens is 290 g/mol. The van der Waals surface area contributed by atoms with Crippen LogP contribution in [-0.2, 0) is 14.2 Å². The summed E-state index contributed by atoms with van der Waals surface area (Å²) >= 11 is 0.